The van der Waals surface area contributed by atoms with Crippen molar-refractivity contribution in [1.82, 2.24) is 10.2 Å². The van der Waals surface area contributed by atoms with Crippen molar-refractivity contribution in [3.8, 4) is 5.75 Å². The number of ketones is 4. The lowest BCUT2D eigenvalue weighted by Crippen LogP contribution is -2.74. The monoisotopic (exact) mass is 586 g/mol. The highest BCUT2D eigenvalue weighted by Crippen LogP contribution is 2.51. The molecule has 1 aromatic carbocycles. The minimum absolute atomic E-state index is 0.0940. The highest BCUT2D eigenvalue weighted by Gasteiger charge is 2.69. The number of likely N-dealkylation sites (N-methyl/N-ethyl adjacent to an activating group) is 1. The normalized spacial score (nSPS) is 31.4. The Bertz CT molecular complexity index is 1390. The Morgan fingerprint density at radius 3 is 2.40 bits per heavy atom. The van der Waals surface area contributed by atoms with E-state index in [2.05, 4.69) is 10.6 Å². The zero-order chi connectivity index (χ0) is 30.7. The largest absolute Gasteiger partial charge is 0.505 e. The van der Waals surface area contributed by atoms with Crippen molar-refractivity contribution >= 4 is 40.6 Å². The number of nitrogens with one attached hydrogen (secondary N) is 2. The van der Waals surface area contributed by atoms with E-state index in [9.17, 15) is 39.0 Å². The van der Waals surface area contributed by atoms with Gasteiger partial charge in [-0.1, -0.05) is 19.3 Å². The van der Waals surface area contributed by atoms with Gasteiger partial charge in [0, 0.05) is 23.6 Å². The molecule has 0 heterocycles. The lowest BCUT2D eigenvalue weighted by Gasteiger charge is -2.52. The molecule has 2 amide bonds. The summed E-state index contributed by atoms with van der Waals surface area (Å²) in [4.78, 5) is 80.1. The number of rotatable bonds is 6. The van der Waals surface area contributed by atoms with Gasteiger partial charge in [0.1, 0.15) is 11.6 Å². The van der Waals surface area contributed by atoms with Gasteiger partial charge in [-0.3, -0.25) is 33.7 Å². The average Bonchev–Trinajstić information content (AvgIpc) is 2.92. The van der Waals surface area contributed by atoms with Crippen LogP contribution in [-0.2, 0) is 30.4 Å². The maximum atomic E-state index is 15.4. The quantitative estimate of drug-likeness (QED) is 0.221. The molecule has 6 atom stereocenters. The van der Waals surface area contributed by atoms with Crippen molar-refractivity contribution < 1.29 is 43.4 Å². The predicted molar refractivity (Wildman–Crippen MR) is 145 cm³/mol. The number of Topliss-reactive ketones (excluding diaryl/α,β-unsaturated/α-hetero) is 4. The van der Waals surface area contributed by atoms with Crippen LogP contribution in [0.1, 0.15) is 54.4 Å². The number of aromatic hydroxyl groups is 1. The van der Waals surface area contributed by atoms with Crippen LogP contribution in [0.3, 0.4) is 0 Å². The van der Waals surface area contributed by atoms with E-state index < -0.39 is 87.4 Å². The lowest BCUT2D eigenvalue weighted by atomic mass is 9.52. The molecule has 42 heavy (non-hydrogen) atoms. The fraction of sp³-hybridized carbons (Fsp3) is 0.586. The number of phenolic OH excluding ortho intramolecular Hbond substituents is 1. The number of nitrogens with zero attached hydrogens (tertiary/aromatic N) is 1. The van der Waals surface area contributed by atoms with E-state index in [1.165, 1.54) is 19.0 Å². The molecule has 0 bridgehead atoms. The molecule has 5 rings (SSSR count). The first kappa shape index (κ1) is 29.9. The third-order valence-corrected chi connectivity index (χ3v) is 9.44. The van der Waals surface area contributed by atoms with Crippen molar-refractivity contribution in [1.29, 1.82) is 0 Å². The molecule has 4 aliphatic rings. The molecule has 3 fully saturated rings. The SMILES string of the molecule is CN(C)[C@@H]1C(=O)C(C(N)=O)C(=O)[C@@]2(O)C(=O)C3C(=O)c4c(O)c(NC(=O)CNC5CCCCC5)cc(F)c4C[C@H]3C[C@@H]12. The fourth-order valence-corrected chi connectivity index (χ4v) is 7.46. The molecule has 0 spiro atoms. The van der Waals surface area contributed by atoms with Gasteiger partial charge in [0.15, 0.2) is 34.7 Å². The van der Waals surface area contributed by atoms with Crippen LogP contribution in [0.5, 0.6) is 5.75 Å². The standard InChI is InChI=1S/C29H35FN4O8/c1-34(2)22-15-9-12-8-14-16(30)10-17(33-18(35)11-32-13-6-4-3-5-7-13)23(36)20(14)24(37)19(12)26(39)29(15,42)27(40)21(25(22)38)28(31)41/h10,12-13,15,19,21-22,32,36,42H,3-9,11H2,1-2H3,(H2,31,41)(H,33,35)/t12-,15-,19?,21?,22-,29-/m0/s1. The van der Waals surface area contributed by atoms with Crippen molar-refractivity contribution in [2.75, 3.05) is 26.0 Å². The first-order valence-electron chi connectivity index (χ1n) is 14.2. The fourth-order valence-electron chi connectivity index (χ4n) is 7.46. The van der Waals surface area contributed by atoms with Crippen molar-refractivity contribution in [2.24, 2.45) is 29.4 Å². The summed E-state index contributed by atoms with van der Waals surface area (Å²) in [6.45, 7) is -0.0940. The Labute approximate surface area is 241 Å². The molecule has 0 radical (unpaired) electrons. The number of carbonyl (C=O) groups is 6. The number of hydrogen-bond donors (Lipinski definition) is 5. The minimum Gasteiger partial charge on any atom is -0.505 e. The Hall–Kier alpha value is -3.55. The van der Waals surface area contributed by atoms with Crippen LogP contribution < -0.4 is 16.4 Å². The summed E-state index contributed by atoms with van der Waals surface area (Å²) in [5.41, 5.74) is 1.40. The van der Waals surface area contributed by atoms with Gasteiger partial charge in [-0.25, -0.2) is 4.39 Å². The second-order valence-corrected chi connectivity index (χ2v) is 12.2. The zero-order valence-corrected chi connectivity index (χ0v) is 23.4. The van der Waals surface area contributed by atoms with Gasteiger partial charge in [0.05, 0.1) is 29.8 Å². The summed E-state index contributed by atoms with van der Waals surface area (Å²) >= 11 is 0. The molecule has 12 nitrogen and oxygen atoms in total. The Kier molecular flexibility index (Phi) is 7.79. The van der Waals surface area contributed by atoms with Crippen molar-refractivity contribution in [3.05, 3.63) is 23.0 Å². The average molecular weight is 587 g/mol. The molecule has 4 aliphatic carbocycles. The number of hydrogen-bond acceptors (Lipinski definition) is 10. The second kappa shape index (κ2) is 10.9. The Morgan fingerprint density at radius 2 is 1.79 bits per heavy atom. The van der Waals surface area contributed by atoms with Gasteiger partial charge in [-0.05, 0) is 45.7 Å². The van der Waals surface area contributed by atoms with Crippen LogP contribution in [0.15, 0.2) is 6.07 Å². The van der Waals surface area contributed by atoms with E-state index in [-0.39, 0.29) is 36.7 Å². The van der Waals surface area contributed by atoms with E-state index >= 15 is 4.39 Å². The molecule has 13 heteroatoms. The molecule has 3 saturated carbocycles. The van der Waals surface area contributed by atoms with Crippen LogP contribution in [0.2, 0.25) is 0 Å². The van der Waals surface area contributed by atoms with E-state index in [0.29, 0.717) is 0 Å². The van der Waals surface area contributed by atoms with E-state index in [1.54, 1.807) is 0 Å². The molecule has 0 saturated heterocycles. The maximum Gasteiger partial charge on any atom is 0.238 e. The number of carbonyl (C=O) groups excluding carboxylic acids is 6. The molecule has 0 aliphatic heterocycles. The van der Waals surface area contributed by atoms with Crippen molar-refractivity contribution in [3.63, 3.8) is 0 Å². The van der Waals surface area contributed by atoms with Crippen LogP contribution in [0.25, 0.3) is 0 Å². The summed E-state index contributed by atoms with van der Waals surface area (Å²) in [7, 11) is 2.96. The molecule has 0 aromatic heterocycles. The Balaban J connectivity index is 1.46. The highest BCUT2D eigenvalue weighted by molar-refractivity contribution is 6.32. The third kappa shape index (κ3) is 4.63. The number of phenols is 1. The Morgan fingerprint density at radius 1 is 1.12 bits per heavy atom. The maximum absolute atomic E-state index is 15.4. The summed E-state index contributed by atoms with van der Waals surface area (Å²) < 4.78 is 15.4. The smallest absolute Gasteiger partial charge is 0.238 e. The van der Waals surface area contributed by atoms with Crippen molar-refractivity contribution in [2.45, 2.75) is 62.6 Å². The number of fused-ring (bicyclic) bond motifs is 3. The second-order valence-electron chi connectivity index (χ2n) is 12.2. The highest BCUT2D eigenvalue weighted by atomic mass is 19.1. The van der Waals surface area contributed by atoms with Crippen LogP contribution in [0.4, 0.5) is 10.1 Å². The summed E-state index contributed by atoms with van der Waals surface area (Å²) in [6, 6.07) is -0.165. The molecule has 2 unspecified atom stereocenters. The van der Waals surface area contributed by atoms with Crippen LogP contribution >= 0.6 is 0 Å². The molecular formula is C29H35FN4O8. The van der Waals surface area contributed by atoms with Gasteiger partial charge < -0.3 is 26.6 Å². The number of primary amides is 1. The molecular weight excluding hydrogens is 551 g/mol. The van der Waals surface area contributed by atoms with Gasteiger partial charge in [-0.15, -0.1) is 0 Å². The number of nitrogens with two attached hydrogens (primary N) is 1. The van der Waals surface area contributed by atoms with E-state index in [0.717, 1.165) is 38.2 Å². The minimum atomic E-state index is -2.87. The number of aliphatic hydroxyl groups is 1. The number of benzene rings is 1. The van der Waals surface area contributed by atoms with E-state index in [4.69, 9.17) is 5.73 Å². The summed E-state index contributed by atoms with van der Waals surface area (Å²) in [5.74, 6) is -13.9. The van der Waals surface area contributed by atoms with E-state index in [1.807, 2.05) is 0 Å². The van der Waals surface area contributed by atoms with Crippen LogP contribution in [-0.4, -0.2) is 88.4 Å². The third-order valence-electron chi connectivity index (χ3n) is 9.44. The summed E-state index contributed by atoms with van der Waals surface area (Å²) in [5, 5.41) is 28.2. The lowest BCUT2D eigenvalue weighted by molar-refractivity contribution is -0.181. The van der Waals surface area contributed by atoms with Gasteiger partial charge in [-0.2, -0.15) is 0 Å². The first-order valence-corrected chi connectivity index (χ1v) is 14.2. The first-order chi connectivity index (χ1) is 19.8. The van der Waals surface area contributed by atoms with Gasteiger partial charge in [0.25, 0.3) is 0 Å². The summed E-state index contributed by atoms with van der Waals surface area (Å²) in [6.07, 6.45) is 4.70. The molecule has 226 valence electrons. The molecule has 1 aromatic rings. The predicted octanol–water partition coefficient (Wildman–Crippen LogP) is -0.133. The molecule has 6 N–H and O–H groups in total. The van der Waals surface area contributed by atoms with Gasteiger partial charge in [0.2, 0.25) is 11.8 Å². The van der Waals surface area contributed by atoms with Gasteiger partial charge >= 0.3 is 0 Å². The topological polar surface area (TPSA) is 196 Å². The zero-order valence-electron chi connectivity index (χ0n) is 23.4. The number of halogens is 1. The number of anilines is 1. The number of amides is 2. The van der Waals surface area contributed by atoms with Crippen LogP contribution in [0, 0.1) is 29.5 Å².